The van der Waals surface area contributed by atoms with Gasteiger partial charge in [-0.25, -0.2) is 0 Å². The molecular formula is C16H25N. The van der Waals surface area contributed by atoms with E-state index in [4.69, 9.17) is 0 Å². The molecule has 0 heterocycles. The number of benzene rings is 1. The molecule has 0 saturated heterocycles. The molecule has 2 atom stereocenters. The normalized spacial score (nSPS) is 23.5. The van der Waals surface area contributed by atoms with E-state index in [1.807, 2.05) is 0 Å². The van der Waals surface area contributed by atoms with Crippen molar-refractivity contribution in [3.63, 3.8) is 0 Å². The van der Waals surface area contributed by atoms with Gasteiger partial charge in [0.2, 0.25) is 0 Å². The van der Waals surface area contributed by atoms with Crippen molar-refractivity contribution in [2.45, 2.75) is 46.0 Å². The van der Waals surface area contributed by atoms with E-state index < -0.39 is 0 Å². The maximum atomic E-state index is 3.30. The van der Waals surface area contributed by atoms with Gasteiger partial charge in [-0.1, -0.05) is 24.6 Å². The molecule has 2 rings (SSSR count). The van der Waals surface area contributed by atoms with Gasteiger partial charge in [0, 0.05) is 0 Å². The molecule has 0 aliphatic heterocycles. The maximum Gasteiger partial charge on any atom is -0.00460 e. The molecule has 0 aromatic heterocycles. The van der Waals surface area contributed by atoms with E-state index in [1.54, 1.807) is 11.1 Å². The first-order chi connectivity index (χ1) is 8.13. The molecular weight excluding hydrogens is 206 g/mol. The van der Waals surface area contributed by atoms with Crippen LogP contribution in [-0.4, -0.2) is 13.6 Å². The van der Waals surface area contributed by atoms with Crippen LogP contribution in [0.3, 0.4) is 0 Å². The summed E-state index contributed by atoms with van der Waals surface area (Å²) in [5.74, 6) is 1.59. The lowest BCUT2D eigenvalue weighted by Crippen LogP contribution is -2.23. The first-order valence-corrected chi connectivity index (χ1v) is 6.88. The third-order valence-electron chi connectivity index (χ3n) is 4.29. The topological polar surface area (TPSA) is 12.0 Å². The van der Waals surface area contributed by atoms with Crippen molar-refractivity contribution >= 4 is 0 Å². The van der Waals surface area contributed by atoms with Crippen LogP contribution in [0, 0.1) is 19.8 Å². The predicted octanol–water partition coefficient (Wildman–Crippen LogP) is 3.58. The van der Waals surface area contributed by atoms with Gasteiger partial charge in [0.1, 0.15) is 0 Å². The molecule has 1 aromatic rings. The Morgan fingerprint density at radius 2 is 2.06 bits per heavy atom. The number of aryl methyl sites for hydroxylation is 2. The van der Waals surface area contributed by atoms with Gasteiger partial charge in [0.15, 0.2) is 0 Å². The summed E-state index contributed by atoms with van der Waals surface area (Å²) in [5.41, 5.74) is 6.19. The fourth-order valence-electron chi connectivity index (χ4n) is 3.32. The molecule has 2 unspecified atom stereocenters. The van der Waals surface area contributed by atoms with E-state index in [0.717, 1.165) is 18.4 Å². The van der Waals surface area contributed by atoms with Crippen molar-refractivity contribution in [1.29, 1.82) is 0 Å². The second kappa shape index (κ2) is 5.22. The fourth-order valence-corrected chi connectivity index (χ4v) is 3.32. The van der Waals surface area contributed by atoms with E-state index >= 15 is 0 Å². The largest absolute Gasteiger partial charge is 0.320 e. The summed E-state index contributed by atoms with van der Waals surface area (Å²) in [6.07, 6.45) is 3.90. The molecule has 0 fully saturated rings. The Morgan fingerprint density at radius 1 is 1.29 bits per heavy atom. The van der Waals surface area contributed by atoms with E-state index in [0.29, 0.717) is 0 Å². The summed E-state index contributed by atoms with van der Waals surface area (Å²) < 4.78 is 0. The molecule has 0 spiro atoms. The van der Waals surface area contributed by atoms with Crippen molar-refractivity contribution < 1.29 is 0 Å². The standard InChI is InChI=1S/C16H25N/c1-11-9-13(3)14-6-5-12(2)15(7-8-17-4)16(14)10-11/h9-10,12,15,17H,5-8H2,1-4H3. The van der Waals surface area contributed by atoms with E-state index in [9.17, 15) is 0 Å². The summed E-state index contributed by atoms with van der Waals surface area (Å²) in [4.78, 5) is 0. The molecule has 0 radical (unpaired) electrons. The Balaban J connectivity index is 2.36. The van der Waals surface area contributed by atoms with E-state index in [1.165, 1.54) is 30.4 Å². The lowest BCUT2D eigenvalue weighted by Gasteiger charge is -2.33. The number of hydrogen-bond acceptors (Lipinski definition) is 1. The minimum atomic E-state index is 0.754. The minimum absolute atomic E-state index is 0.754. The van der Waals surface area contributed by atoms with Gasteiger partial charge in [-0.05, 0) is 75.2 Å². The van der Waals surface area contributed by atoms with Crippen LogP contribution in [0.25, 0.3) is 0 Å². The Labute approximate surface area is 106 Å². The van der Waals surface area contributed by atoms with Gasteiger partial charge >= 0.3 is 0 Å². The molecule has 1 nitrogen and oxygen atoms in total. The highest BCUT2D eigenvalue weighted by Gasteiger charge is 2.27. The first kappa shape index (κ1) is 12.6. The van der Waals surface area contributed by atoms with Crippen LogP contribution in [-0.2, 0) is 6.42 Å². The Morgan fingerprint density at radius 3 is 2.76 bits per heavy atom. The molecule has 1 N–H and O–H groups in total. The Bertz CT molecular complexity index is 395. The zero-order valence-corrected chi connectivity index (χ0v) is 11.6. The van der Waals surface area contributed by atoms with Crippen LogP contribution in [0.4, 0.5) is 0 Å². The molecule has 0 bridgehead atoms. The summed E-state index contributed by atoms with van der Waals surface area (Å²) in [7, 11) is 2.05. The van der Waals surface area contributed by atoms with Crippen molar-refractivity contribution in [1.82, 2.24) is 5.32 Å². The second-order valence-corrected chi connectivity index (χ2v) is 5.66. The zero-order valence-electron chi connectivity index (χ0n) is 11.6. The van der Waals surface area contributed by atoms with E-state index in [2.05, 4.69) is 45.3 Å². The summed E-state index contributed by atoms with van der Waals surface area (Å²) >= 11 is 0. The van der Waals surface area contributed by atoms with Gasteiger partial charge in [-0.2, -0.15) is 0 Å². The smallest absolute Gasteiger partial charge is 0.00460 e. The van der Waals surface area contributed by atoms with Crippen LogP contribution in [0.5, 0.6) is 0 Å². The highest BCUT2D eigenvalue weighted by molar-refractivity contribution is 5.42. The second-order valence-electron chi connectivity index (χ2n) is 5.66. The summed E-state index contributed by atoms with van der Waals surface area (Å²) in [5, 5.41) is 3.30. The lowest BCUT2D eigenvalue weighted by atomic mass is 9.73. The Hall–Kier alpha value is -0.820. The first-order valence-electron chi connectivity index (χ1n) is 6.88. The fraction of sp³-hybridized carbons (Fsp3) is 0.625. The van der Waals surface area contributed by atoms with Gasteiger partial charge in [-0.3, -0.25) is 0 Å². The van der Waals surface area contributed by atoms with Crippen molar-refractivity contribution in [2.24, 2.45) is 5.92 Å². The van der Waals surface area contributed by atoms with Crippen LogP contribution in [0.1, 0.15) is 47.9 Å². The molecule has 0 saturated carbocycles. The monoisotopic (exact) mass is 231 g/mol. The zero-order chi connectivity index (χ0) is 12.4. The quantitative estimate of drug-likeness (QED) is 0.838. The lowest BCUT2D eigenvalue weighted by molar-refractivity contribution is 0.380. The molecule has 1 heteroatoms. The molecule has 94 valence electrons. The number of rotatable bonds is 3. The van der Waals surface area contributed by atoms with Crippen LogP contribution in [0.15, 0.2) is 12.1 Å². The summed E-state index contributed by atoms with van der Waals surface area (Å²) in [6.45, 7) is 8.04. The van der Waals surface area contributed by atoms with Crippen LogP contribution < -0.4 is 5.32 Å². The molecule has 1 aromatic carbocycles. The number of nitrogens with one attached hydrogen (secondary N) is 1. The highest BCUT2D eigenvalue weighted by Crippen LogP contribution is 2.39. The third-order valence-corrected chi connectivity index (χ3v) is 4.29. The van der Waals surface area contributed by atoms with Gasteiger partial charge in [0.05, 0.1) is 0 Å². The van der Waals surface area contributed by atoms with Crippen molar-refractivity contribution in [3.05, 3.63) is 34.4 Å². The maximum absolute atomic E-state index is 3.30. The number of hydrogen-bond donors (Lipinski definition) is 1. The SMILES string of the molecule is CNCCC1c2cc(C)cc(C)c2CCC1C. The predicted molar refractivity (Wildman–Crippen MR) is 74.7 cm³/mol. The molecule has 1 aliphatic rings. The van der Waals surface area contributed by atoms with Gasteiger partial charge in [0.25, 0.3) is 0 Å². The highest BCUT2D eigenvalue weighted by atomic mass is 14.8. The minimum Gasteiger partial charge on any atom is -0.320 e. The van der Waals surface area contributed by atoms with Crippen molar-refractivity contribution in [2.75, 3.05) is 13.6 Å². The van der Waals surface area contributed by atoms with Gasteiger partial charge in [-0.15, -0.1) is 0 Å². The number of fused-ring (bicyclic) bond motifs is 1. The van der Waals surface area contributed by atoms with Gasteiger partial charge < -0.3 is 5.32 Å². The molecule has 1 aliphatic carbocycles. The third kappa shape index (κ3) is 2.55. The molecule has 17 heavy (non-hydrogen) atoms. The van der Waals surface area contributed by atoms with E-state index in [-0.39, 0.29) is 0 Å². The van der Waals surface area contributed by atoms with Crippen LogP contribution in [0.2, 0.25) is 0 Å². The Kier molecular flexibility index (Phi) is 3.88. The van der Waals surface area contributed by atoms with Crippen LogP contribution >= 0.6 is 0 Å². The van der Waals surface area contributed by atoms with Crippen molar-refractivity contribution in [3.8, 4) is 0 Å². The molecule has 0 amide bonds. The average molecular weight is 231 g/mol. The average Bonchev–Trinajstić information content (AvgIpc) is 2.27. The summed E-state index contributed by atoms with van der Waals surface area (Å²) in [6, 6.07) is 4.77.